The van der Waals surface area contributed by atoms with Gasteiger partial charge in [-0.15, -0.1) is 0 Å². The smallest absolute Gasteiger partial charge is 0.318 e. The van der Waals surface area contributed by atoms with Crippen LogP contribution in [0.15, 0.2) is 48.5 Å². The van der Waals surface area contributed by atoms with Crippen LogP contribution in [-0.4, -0.2) is 18.0 Å². The van der Waals surface area contributed by atoms with Crippen LogP contribution in [0.2, 0.25) is 5.02 Å². The number of carbonyl (C=O) groups excluding carboxylic acids is 1. The van der Waals surface area contributed by atoms with E-state index < -0.39 is 0 Å². The number of hydrogen-bond donors (Lipinski definition) is 1. The molecule has 0 unspecified atom stereocenters. The minimum absolute atomic E-state index is 0.105. The van der Waals surface area contributed by atoms with E-state index in [1.165, 1.54) is 12.1 Å². The van der Waals surface area contributed by atoms with E-state index in [1.807, 2.05) is 26.0 Å². The van der Waals surface area contributed by atoms with Crippen LogP contribution in [0.25, 0.3) is 0 Å². The second kappa shape index (κ2) is 7.47. The fourth-order valence-electron chi connectivity index (χ4n) is 2.29. The summed E-state index contributed by atoms with van der Waals surface area (Å²) in [6.07, 6.45) is 0. The van der Waals surface area contributed by atoms with Gasteiger partial charge >= 0.3 is 6.03 Å². The van der Waals surface area contributed by atoms with Gasteiger partial charge in [-0.25, -0.2) is 9.18 Å². The Morgan fingerprint density at radius 2 is 1.78 bits per heavy atom. The molecular weight excluding hydrogens is 315 g/mol. The van der Waals surface area contributed by atoms with E-state index in [1.54, 1.807) is 36.2 Å². The van der Waals surface area contributed by atoms with Gasteiger partial charge in [0.2, 0.25) is 0 Å². The Balaban J connectivity index is 2.03. The zero-order chi connectivity index (χ0) is 17.0. The molecule has 0 spiro atoms. The lowest BCUT2D eigenvalue weighted by Gasteiger charge is -2.27. The molecule has 0 aliphatic carbocycles. The minimum Gasteiger partial charge on any atom is -0.331 e. The zero-order valence-corrected chi connectivity index (χ0v) is 14.1. The molecule has 0 radical (unpaired) electrons. The van der Waals surface area contributed by atoms with Gasteiger partial charge in [0, 0.05) is 12.1 Å². The van der Waals surface area contributed by atoms with Crippen molar-refractivity contribution in [2.75, 3.05) is 7.05 Å². The quantitative estimate of drug-likeness (QED) is 0.843. The Hall–Kier alpha value is -2.07. The predicted octanol–water partition coefficient (Wildman–Crippen LogP) is 4.94. The van der Waals surface area contributed by atoms with Gasteiger partial charge in [0.15, 0.2) is 0 Å². The number of hydrogen-bond acceptors (Lipinski definition) is 1. The van der Waals surface area contributed by atoms with E-state index in [2.05, 4.69) is 5.32 Å². The maximum absolute atomic E-state index is 13.3. The zero-order valence-electron chi connectivity index (χ0n) is 13.4. The van der Waals surface area contributed by atoms with Crippen LogP contribution in [-0.2, 0) is 0 Å². The van der Waals surface area contributed by atoms with E-state index in [9.17, 15) is 9.18 Å². The fraction of sp³-hybridized carbons (Fsp3) is 0.278. The molecule has 0 saturated carbocycles. The summed E-state index contributed by atoms with van der Waals surface area (Å²) in [5, 5.41) is 3.54. The molecule has 2 aromatic carbocycles. The number of benzene rings is 2. The molecule has 0 aromatic heterocycles. The number of amides is 2. The van der Waals surface area contributed by atoms with Gasteiger partial charge in [0.05, 0.1) is 12.1 Å². The summed E-state index contributed by atoms with van der Waals surface area (Å²) < 4.78 is 13.3. The summed E-state index contributed by atoms with van der Waals surface area (Å²) in [4.78, 5) is 14.0. The Labute approximate surface area is 141 Å². The Morgan fingerprint density at radius 3 is 2.39 bits per heavy atom. The number of rotatable bonds is 4. The average molecular weight is 335 g/mol. The number of halogens is 2. The highest BCUT2D eigenvalue weighted by atomic mass is 35.5. The van der Waals surface area contributed by atoms with Gasteiger partial charge in [0.25, 0.3) is 0 Å². The lowest BCUT2D eigenvalue weighted by molar-refractivity contribution is 0.191. The van der Waals surface area contributed by atoms with Crippen molar-refractivity contribution in [1.29, 1.82) is 0 Å². The first kappa shape index (κ1) is 17.3. The monoisotopic (exact) mass is 334 g/mol. The van der Waals surface area contributed by atoms with Gasteiger partial charge in [-0.2, -0.15) is 0 Å². The van der Waals surface area contributed by atoms with Gasteiger partial charge in [0.1, 0.15) is 5.82 Å². The SMILES string of the molecule is C[C@@H](NC(=O)N(C)[C@@H](C)c1ccc(Cl)cc1)c1cccc(F)c1. The first-order valence-electron chi connectivity index (χ1n) is 7.42. The summed E-state index contributed by atoms with van der Waals surface area (Å²) >= 11 is 5.88. The highest BCUT2D eigenvalue weighted by molar-refractivity contribution is 6.30. The van der Waals surface area contributed by atoms with Crippen molar-refractivity contribution in [2.45, 2.75) is 25.9 Å². The van der Waals surface area contributed by atoms with E-state index in [-0.39, 0.29) is 23.9 Å². The first-order valence-corrected chi connectivity index (χ1v) is 7.80. The molecule has 0 saturated heterocycles. The molecule has 5 heteroatoms. The molecule has 0 fully saturated rings. The third-order valence-corrected chi connectivity index (χ3v) is 4.19. The molecule has 0 bridgehead atoms. The van der Waals surface area contributed by atoms with Gasteiger partial charge in [-0.1, -0.05) is 35.9 Å². The lowest BCUT2D eigenvalue weighted by Crippen LogP contribution is -2.39. The van der Waals surface area contributed by atoms with Crippen LogP contribution in [0.4, 0.5) is 9.18 Å². The fourth-order valence-corrected chi connectivity index (χ4v) is 2.41. The summed E-state index contributed by atoms with van der Waals surface area (Å²) in [6.45, 7) is 3.77. The average Bonchev–Trinajstić information content (AvgIpc) is 2.54. The van der Waals surface area contributed by atoms with Crippen LogP contribution < -0.4 is 5.32 Å². The lowest BCUT2D eigenvalue weighted by atomic mass is 10.1. The molecule has 122 valence electrons. The first-order chi connectivity index (χ1) is 10.9. The second-order valence-electron chi connectivity index (χ2n) is 5.56. The molecule has 3 nitrogen and oxygen atoms in total. The molecule has 0 aliphatic heterocycles. The van der Waals surface area contributed by atoms with E-state index >= 15 is 0 Å². The second-order valence-corrected chi connectivity index (χ2v) is 6.00. The summed E-state index contributed by atoms with van der Waals surface area (Å²) in [5.41, 5.74) is 1.72. The Morgan fingerprint density at radius 1 is 1.13 bits per heavy atom. The van der Waals surface area contributed by atoms with Gasteiger partial charge in [-0.3, -0.25) is 0 Å². The van der Waals surface area contributed by atoms with Crippen molar-refractivity contribution in [3.63, 3.8) is 0 Å². The van der Waals surface area contributed by atoms with E-state index in [0.29, 0.717) is 5.02 Å². The van der Waals surface area contributed by atoms with E-state index in [4.69, 9.17) is 11.6 Å². The van der Waals surface area contributed by atoms with Gasteiger partial charge in [-0.05, 0) is 49.2 Å². The molecule has 2 atom stereocenters. The van der Waals surface area contributed by atoms with Crippen LogP contribution in [0.3, 0.4) is 0 Å². The number of nitrogens with zero attached hydrogens (tertiary/aromatic N) is 1. The maximum atomic E-state index is 13.3. The maximum Gasteiger partial charge on any atom is 0.318 e. The van der Waals surface area contributed by atoms with Crippen molar-refractivity contribution < 1.29 is 9.18 Å². The molecule has 2 amide bonds. The van der Waals surface area contributed by atoms with Gasteiger partial charge < -0.3 is 10.2 Å². The molecule has 1 N–H and O–H groups in total. The molecule has 0 heterocycles. The Kier molecular flexibility index (Phi) is 5.61. The van der Waals surface area contributed by atoms with Crippen molar-refractivity contribution in [3.8, 4) is 0 Å². The molecular formula is C18H20ClFN2O. The van der Waals surface area contributed by atoms with Crippen molar-refractivity contribution in [3.05, 3.63) is 70.5 Å². The molecule has 2 rings (SSSR count). The standard InChI is InChI=1S/C18H20ClFN2O/c1-12(15-5-4-6-17(20)11-15)21-18(23)22(3)13(2)14-7-9-16(19)10-8-14/h4-13H,1-3H3,(H,21,23)/t12-,13+/m1/s1. The van der Waals surface area contributed by atoms with Crippen LogP contribution >= 0.6 is 11.6 Å². The summed E-state index contributed by atoms with van der Waals surface area (Å²) in [7, 11) is 1.73. The molecule has 23 heavy (non-hydrogen) atoms. The summed E-state index contributed by atoms with van der Waals surface area (Å²) in [6, 6.07) is 13.0. The van der Waals surface area contributed by atoms with Crippen molar-refractivity contribution in [1.82, 2.24) is 10.2 Å². The van der Waals surface area contributed by atoms with Crippen molar-refractivity contribution in [2.24, 2.45) is 0 Å². The highest BCUT2D eigenvalue weighted by Gasteiger charge is 2.19. The number of urea groups is 1. The highest BCUT2D eigenvalue weighted by Crippen LogP contribution is 2.21. The molecule has 2 aromatic rings. The molecule has 0 aliphatic rings. The number of nitrogens with one attached hydrogen (secondary N) is 1. The summed E-state index contributed by atoms with van der Waals surface area (Å²) in [5.74, 6) is -0.313. The topological polar surface area (TPSA) is 32.3 Å². The Bertz CT molecular complexity index is 675. The van der Waals surface area contributed by atoms with Crippen LogP contribution in [0.5, 0.6) is 0 Å². The van der Waals surface area contributed by atoms with Crippen LogP contribution in [0.1, 0.15) is 37.1 Å². The third kappa shape index (κ3) is 4.45. The minimum atomic E-state index is -0.313. The predicted molar refractivity (Wildman–Crippen MR) is 91.0 cm³/mol. The van der Waals surface area contributed by atoms with E-state index in [0.717, 1.165) is 11.1 Å². The van der Waals surface area contributed by atoms with Crippen molar-refractivity contribution >= 4 is 17.6 Å². The van der Waals surface area contributed by atoms with Crippen LogP contribution in [0, 0.1) is 5.82 Å². The normalized spacial score (nSPS) is 13.3. The number of carbonyl (C=O) groups is 1. The third-order valence-electron chi connectivity index (χ3n) is 3.94. The largest absolute Gasteiger partial charge is 0.331 e.